The summed E-state index contributed by atoms with van der Waals surface area (Å²) in [5.41, 5.74) is 2.29. The summed E-state index contributed by atoms with van der Waals surface area (Å²) in [7, 11) is 1.66. The van der Waals surface area contributed by atoms with E-state index in [1.165, 1.54) is 0 Å². The molecule has 5 nitrogen and oxygen atoms in total. The number of likely N-dealkylation sites (tertiary alicyclic amines) is 1. The summed E-state index contributed by atoms with van der Waals surface area (Å²) in [5.74, 6) is 2.63. The number of hydrogen-bond acceptors (Lipinski definition) is 4. The van der Waals surface area contributed by atoms with Crippen molar-refractivity contribution in [2.24, 2.45) is 0 Å². The zero-order valence-corrected chi connectivity index (χ0v) is 15.6. The van der Waals surface area contributed by atoms with Gasteiger partial charge in [0.15, 0.2) is 11.5 Å². The number of carbonyl (C=O) groups is 1. The minimum Gasteiger partial charge on any atom is -0.497 e. The Morgan fingerprint density at radius 3 is 2.67 bits per heavy atom. The van der Waals surface area contributed by atoms with Crippen LogP contribution in [-0.4, -0.2) is 37.7 Å². The van der Waals surface area contributed by atoms with Crippen molar-refractivity contribution in [3.8, 4) is 17.2 Å². The van der Waals surface area contributed by atoms with Crippen LogP contribution >= 0.6 is 0 Å². The summed E-state index contributed by atoms with van der Waals surface area (Å²) in [6.45, 7) is 1.98. The van der Waals surface area contributed by atoms with Gasteiger partial charge in [0, 0.05) is 13.0 Å². The third-order valence-electron chi connectivity index (χ3n) is 5.31. The van der Waals surface area contributed by atoms with E-state index in [0.717, 1.165) is 54.2 Å². The van der Waals surface area contributed by atoms with E-state index in [2.05, 4.69) is 6.07 Å². The molecule has 2 aliphatic heterocycles. The lowest BCUT2D eigenvalue weighted by Gasteiger charge is -2.27. The van der Waals surface area contributed by atoms with Gasteiger partial charge in [-0.25, -0.2) is 0 Å². The summed E-state index contributed by atoms with van der Waals surface area (Å²) in [4.78, 5) is 14.9. The molecule has 1 unspecified atom stereocenters. The molecule has 142 valence electrons. The Morgan fingerprint density at radius 2 is 1.89 bits per heavy atom. The Labute approximate surface area is 159 Å². The first-order valence-electron chi connectivity index (χ1n) is 9.56. The lowest BCUT2D eigenvalue weighted by Crippen LogP contribution is -2.30. The molecule has 0 bridgehead atoms. The first-order chi connectivity index (χ1) is 13.2. The number of benzene rings is 2. The number of carbonyl (C=O) groups excluding carboxylic acids is 1. The molecule has 1 atom stereocenters. The number of ether oxygens (including phenoxy) is 3. The average molecular weight is 367 g/mol. The smallest absolute Gasteiger partial charge is 0.223 e. The number of nitrogens with zero attached hydrogens (tertiary/aromatic N) is 1. The van der Waals surface area contributed by atoms with Crippen LogP contribution in [0.25, 0.3) is 0 Å². The van der Waals surface area contributed by atoms with Crippen molar-refractivity contribution in [1.29, 1.82) is 0 Å². The standard InChI is InChI=1S/C22H25NO4/c1-25-18-8-4-16(5-9-18)6-11-22(24)23-12-2-3-19(23)17-7-10-20-21(15-17)27-14-13-26-20/h4-5,7-10,15,19H,2-3,6,11-14H2,1H3. The van der Waals surface area contributed by atoms with Crippen molar-refractivity contribution in [2.45, 2.75) is 31.7 Å². The Morgan fingerprint density at radius 1 is 1.11 bits per heavy atom. The monoisotopic (exact) mass is 367 g/mol. The van der Waals surface area contributed by atoms with Gasteiger partial charge in [0.2, 0.25) is 5.91 Å². The van der Waals surface area contributed by atoms with Crippen LogP contribution in [0.3, 0.4) is 0 Å². The maximum atomic E-state index is 12.9. The molecule has 0 saturated carbocycles. The van der Waals surface area contributed by atoms with Crippen molar-refractivity contribution in [1.82, 2.24) is 4.90 Å². The lowest BCUT2D eigenvalue weighted by atomic mass is 10.0. The lowest BCUT2D eigenvalue weighted by molar-refractivity contribution is -0.132. The van der Waals surface area contributed by atoms with E-state index >= 15 is 0 Å². The quantitative estimate of drug-likeness (QED) is 0.807. The third-order valence-corrected chi connectivity index (χ3v) is 5.31. The predicted octanol–water partition coefficient (Wildman–Crippen LogP) is 3.76. The zero-order valence-electron chi connectivity index (χ0n) is 15.6. The normalized spacial score (nSPS) is 18.4. The van der Waals surface area contributed by atoms with Crippen LogP contribution < -0.4 is 14.2 Å². The van der Waals surface area contributed by atoms with Gasteiger partial charge < -0.3 is 19.1 Å². The van der Waals surface area contributed by atoms with Gasteiger partial charge in [0.25, 0.3) is 0 Å². The fourth-order valence-corrected chi connectivity index (χ4v) is 3.87. The third kappa shape index (κ3) is 3.87. The second kappa shape index (κ2) is 7.91. The highest BCUT2D eigenvalue weighted by atomic mass is 16.6. The first-order valence-corrected chi connectivity index (χ1v) is 9.56. The van der Waals surface area contributed by atoms with E-state index in [9.17, 15) is 4.79 Å². The van der Waals surface area contributed by atoms with Crippen LogP contribution in [0.2, 0.25) is 0 Å². The molecular weight excluding hydrogens is 342 g/mol. The zero-order chi connectivity index (χ0) is 18.6. The Hall–Kier alpha value is -2.69. The fraction of sp³-hybridized carbons (Fsp3) is 0.409. The first kappa shape index (κ1) is 17.7. The van der Waals surface area contributed by atoms with Gasteiger partial charge >= 0.3 is 0 Å². The average Bonchev–Trinajstić information content (AvgIpc) is 3.22. The molecule has 1 saturated heterocycles. The Balaban J connectivity index is 1.42. The number of rotatable bonds is 5. The van der Waals surface area contributed by atoms with Crippen LogP contribution in [0, 0.1) is 0 Å². The number of hydrogen-bond donors (Lipinski definition) is 0. The van der Waals surface area contributed by atoms with Crippen molar-refractivity contribution >= 4 is 5.91 Å². The van der Waals surface area contributed by atoms with Crippen LogP contribution in [0.5, 0.6) is 17.2 Å². The van der Waals surface area contributed by atoms with Gasteiger partial charge in [-0.15, -0.1) is 0 Å². The predicted molar refractivity (Wildman–Crippen MR) is 102 cm³/mol. The maximum absolute atomic E-state index is 12.9. The van der Waals surface area contributed by atoms with E-state index < -0.39 is 0 Å². The van der Waals surface area contributed by atoms with Gasteiger partial charge in [0.05, 0.1) is 13.2 Å². The summed E-state index contributed by atoms with van der Waals surface area (Å²) >= 11 is 0. The molecule has 1 amide bonds. The van der Waals surface area contributed by atoms with E-state index in [-0.39, 0.29) is 11.9 Å². The molecule has 1 fully saturated rings. The Bertz CT molecular complexity index is 802. The van der Waals surface area contributed by atoms with Gasteiger partial charge in [-0.3, -0.25) is 4.79 Å². The van der Waals surface area contributed by atoms with Crippen LogP contribution in [0.4, 0.5) is 0 Å². The molecule has 2 aromatic rings. The van der Waals surface area contributed by atoms with Gasteiger partial charge in [-0.05, 0) is 54.7 Å². The second-order valence-corrected chi connectivity index (χ2v) is 7.00. The molecule has 5 heteroatoms. The summed E-state index contributed by atoms with van der Waals surface area (Å²) < 4.78 is 16.5. The van der Waals surface area contributed by atoms with Crippen LogP contribution in [0.1, 0.15) is 36.4 Å². The molecular formula is C22H25NO4. The molecule has 0 N–H and O–H groups in total. The molecule has 2 heterocycles. The summed E-state index contributed by atoms with van der Waals surface area (Å²) in [6, 6.07) is 14.1. The fourth-order valence-electron chi connectivity index (χ4n) is 3.87. The van der Waals surface area contributed by atoms with Gasteiger partial charge in [-0.1, -0.05) is 18.2 Å². The second-order valence-electron chi connectivity index (χ2n) is 7.00. The molecule has 0 aromatic heterocycles. The molecule has 2 aliphatic rings. The van der Waals surface area contributed by atoms with Gasteiger partial charge in [0.1, 0.15) is 19.0 Å². The maximum Gasteiger partial charge on any atom is 0.223 e. The minimum absolute atomic E-state index is 0.129. The highest BCUT2D eigenvalue weighted by molar-refractivity contribution is 5.77. The molecule has 0 spiro atoms. The van der Waals surface area contributed by atoms with E-state index in [4.69, 9.17) is 14.2 Å². The molecule has 0 aliphatic carbocycles. The molecule has 0 radical (unpaired) electrons. The highest BCUT2D eigenvalue weighted by Crippen LogP contribution is 2.38. The van der Waals surface area contributed by atoms with E-state index in [0.29, 0.717) is 19.6 Å². The summed E-state index contributed by atoms with van der Waals surface area (Å²) in [5, 5.41) is 0. The number of fused-ring (bicyclic) bond motifs is 1. The van der Waals surface area contributed by atoms with E-state index in [1.807, 2.05) is 41.3 Å². The topological polar surface area (TPSA) is 48.0 Å². The van der Waals surface area contributed by atoms with Crippen LogP contribution in [-0.2, 0) is 11.2 Å². The molecule has 2 aromatic carbocycles. The SMILES string of the molecule is COc1ccc(CCC(=O)N2CCCC2c2ccc3c(c2)OCCO3)cc1. The summed E-state index contributed by atoms with van der Waals surface area (Å²) in [6.07, 6.45) is 3.29. The molecule has 27 heavy (non-hydrogen) atoms. The molecule has 4 rings (SSSR count). The van der Waals surface area contributed by atoms with Crippen molar-refractivity contribution in [3.05, 3.63) is 53.6 Å². The largest absolute Gasteiger partial charge is 0.497 e. The van der Waals surface area contributed by atoms with Gasteiger partial charge in [-0.2, -0.15) is 0 Å². The van der Waals surface area contributed by atoms with Crippen LogP contribution in [0.15, 0.2) is 42.5 Å². The number of amides is 1. The minimum atomic E-state index is 0.129. The van der Waals surface area contributed by atoms with Crippen molar-refractivity contribution in [2.75, 3.05) is 26.9 Å². The number of aryl methyl sites for hydroxylation is 1. The Kier molecular flexibility index (Phi) is 5.19. The number of methoxy groups -OCH3 is 1. The van der Waals surface area contributed by atoms with Crippen molar-refractivity contribution < 1.29 is 19.0 Å². The van der Waals surface area contributed by atoms with E-state index in [1.54, 1.807) is 7.11 Å². The van der Waals surface area contributed by atoms with Crippen molar-refractivity contribution in [3.63, 3.8) is 0 Å². The highest BCUT2D eigenvalue weighted by Gasteiger charge is 2.30.